The second-order valence-electron chi connectivity index (χ2n) is 3.71. The van der Waals surface area contributed by atoms with Gasteiger partial charge in [-0.2, -0.15) is 0 Å². The van der Waals surface area contributed by atoms with Crippen LogP contribution in [-0.2, 0) is 11.2 Å². The van der Waals surface area contributed by atoms with Crippen molar-refractivity contribution in [1.29, 1.82) is 0 Å². The summed E-state index contributed by atoms with van der Waals surface area (Å²) < 4.78 is 7.23. The van der Waals surface area contributed by atoms with E-state index in [1.165, 1.54) is 0 Å². The lowest BCUT2D eigenvalue weighted by molar-refractivity contribution is -0.136. The van der Waals surface area contributed by atoms with Gasteiger partial charge in [-0.1, -0.05) is 0 Å². The molecule has 1 N–H and O–H groups in total. The van der Waals surface area contributed by atoms with Crippen molar-refractivity contribution < 1.29 is 14.6 Å². The standard InChI is InChI=1S/C12H14N2O3/c1-3-17-10-5-4-6-14-9(7-11(15)16)8(2)13-12(10)14/h4-6H,3,7H2,1-2H3,(H,15,16). The van der Waals surface area contributed by atoms with Crippen LogP contribution in [0.5, 0.6) is 5.75 Å². The lowest BCUT2D eigenvalue weighted by atomic mass is 10.2. The minimum atomic E-state index is -0.864. The van der Waals surface area contributed by atoms with E-state index in [9.17, 15) is 4.79 Å². The topological polar surface area (TPSA) is 63.8 Å². The molecule has 2 aromatic heterocycles. The van der Waals surface area contributed by atoms with Gasteiger partial charge in [0.05, 0.1) is 24.4 Å². The first-order valence-electron chi connectivity index (χ1n) is 5.44. The Hall–Kier alpha value is -2.04. The van der Waals surface area contributed by atoms with E-state index in [1.54, 1.807) is 17.5 Å². The predicted octanol–water partition coefficient (Wildman–Crippen LogP) is 1.67. The second-order valence-corrected chi connectivity index (χ2v) is 3.71. The molecule has 0 fully saturated rings. The molecule has 17 heavy (non-hydrogen) atoms. The van der Waals surface area contributed by atoms with Crippen LogP contribution in [0.3, 0.4) is 0 Å². The van der Waals surface area contributed by atoms with E-state index in [0.717, 1.165) is 5.69 Å². The highest BCUT2D eigenvalue weighted by atomic mass is 16.5. The number of aliphatic carboxylic acids is 1. The molecule has 0 aliphatic carbocycles. The molecular formula is C12H14N2O3. The maximum atomic E-state index is 10.8. The van der Waals surface area contributed by atoms with Crippen molar-refractivity contribution in [2.24, 2.45) is 0 Å². The lowest BCUT2D eigenvalue weighted by Crippen LogP contribution is -2.05. The molecule has 0 saturated carbocycles. The number of hydrogen-bond acceptors (Lipinski definition) is 3. The fraction of sp³-hybridized carbons (Fsp3) is 0.333. The first-order chi connectivity index (χ1) is 8.13. The number of imidazole rings is 1. The van der Waals surface area contributed by atoms with Gasteiger partial charge in [-0.15, -0.1) is 0 Å². The fourth-order valence-corrected chi connectivity index (χ4v) is 1.83. The summed E-state index contributed by atoms with van der Waals surface area (Å²) in [5.41, 5.74) is 2.08. The Balaban J connectivity index is 2.58. The normalized spacial score (nSPS) is 10.7. The van der Waals surface area contributed by atoms with Crippen molar-refractivity contribution in [1.82, 2.24) is 9.38 Å². The van der Waals surface area contributed by atoms with E-state index >= 15 is 0 Å². The van der Waals surface area contributed by atoms with Crippen LogP contribution < -0.4 is 4.74 Å². The van der Waals surface area contributed by atoms with E-state index in [1.807, 2.05) is 19.1 Å². The van der Waals surface area contributed by atoms with Crippen LogP contribution in [0.2, 0.25) is 0 Å². The zero-order chi connectivity index (χ0) is 12.4. The molecule has 0 aromatic carbocycles. The van der Waals surface area contributed by atoms with Crippen molar-refractivity contribution >= 4 is 11.6 Å². The number of nitrogens with zero attached hydrogens (tertiary/aromatic N) is 2. The largest absolute Gasteiger partial charge is 0.490 e. The van der Waals surface area contributed by atoms with Crippen LogP contribution in [0.4, 0.5) is 0 Å². The number of pyridine rings is 1. The van der Waals surface area contributed by atoms with Gasteiger partial charge in [0.2, 0.25) is 0 Å². The van der Waals surface area contributed by atoms with Gasteiger partial charge < -0.3 is 14.2 Å². The van der Waals surface area contributed by atoms with Crippen LogP contribution in [-0.4, -0.2) is 27.1 Å². The van der Waals surface area contributed by atoms with E-state index in [0.29, 0.717) is 23.7 Å². The summed E-state index contributed by atoms with van der Waals surface area (Å²) in [5, 5.41) is 8.87. The SMILES string of the molecule is CCOc1cccn2c(CC(=O)O)c(C)nc12. The predicted molar refractivity (Wildman–Crippen MR) is 62.4 cm³/mol. The maximum Gasteiger partial charge on any atom is 0.309 e. The van der Waals surface area contributed by atoms with Crippen molar-refractivity contribution in [3.8, 4) is 5.75 Å². The zero-order valence-corrected chi connectivity index (χ0v) is 9.80. The summed E-state index contributed by atoms with van der Waals surface area (Å²) in [4.78, 5) is 15.2. The van der Waals surface area contributed by atoms with Crippen molar-refractivity contribution in [2.75, 3.05) is 6.61 Å². The Bertz CT molecular complexity index is 560. The van der Waals surface area contributed by atoms with Crippen LogP contribution in [0, 0.1) is 6.92 Å². The average Bonchev–Trinajstić information content (AvgIpc) is 2.57. The minimum Gasteiger partial charge on any atom is -0.490 e. The number of carbonyl (C=O) groups is 1. The number of aryl methyl sites for hydroxylation is 1. The number of carboxylic acids is 1. The van der Waals surface area contributed by atoms with Crippen molar-refractivity contribution in [2.45, 2.75) is 20.3 Å². The third-order valence-electron chi connectivity index (χ3n) is 2.53. The Labute approximate surface area is 98.7 Å². The molecule has 0 radical (unpaired) electrons. The Morgan fingerprint density at radius 3 is 3.00 bits per heavy atom. The molecule has 0 amide bonds. The third-order valence-corrected chi connectivity index (χ3v) is 2.53. The van der Waals surface area contributed by atoms with Gasteiger partial charge >= 0.3 is 5.97 Å². The molecular weight excluding hydrogens is 220 g/mol. The summed E-state index contributed by atoms with van der Waals surface area (Å²) >= 11 is 0. The smallest absolute Gasteiger partial charge is 0.309 e. The maximum absolute atomic E-state index is 10.8. The zero-order valence-electron chi connectivity index (χ0n) is 9.80. The van der Waals surface area contributed by atoms with Crippen molar-refractivity contribution in [3.63, 3.8) is 0 Å². The monoisotopic (exact) mass is 234 g/mol. The molecule has 0 aliphatic heterocycles. The Morgan fingerprint density at radius 1 is 1.59 bits per heavy atom. The first kappa shape index (κ1) is 11.4. The second kappa shape index (κ2) is 4.45. The highest BCUT2D eigenvalue weighted by molar-refractivity contribution is 5.71. The molecule has 5 heteroatoms. The highest BCUT2D eigenvalue weighted by Gasteiger charge is 2.14. The summed E-state index contributed by atoms with van der Waals surface area (Å²) in [6.07, 6.45) is 1.76. The van der Waals surface area contributed by atoms with Crippen LogP contribution in [0.1, 0.15) is 18.3 Å². The van der Waals surface area contributed by atoms with Gasteiger partial charge in [0.15, 0.2) is 11.4 Å². The molecule has 2 rings (SSSR count). The molecule has 2 heterocycles. The molecule has 0 spiro atoms. The Morgan fingerprint density at radius 2 is 2.35 bits per heavy atom. The van der Waals surface area contributed by atoms with Crippen molar-refractivity contribution in [3.05, 3.63) is 29.7 Å². The Kier molecular flexibility index (Phi) is 2.99. The van der Waals surface area contributed by atoms with E-state index in [-0.39, 0.29) is 6.42 Å². The number of carboxylic acid groups (broad SMARTS) is 1. The minimum absolute atomic E-state index is 0.0391. The highest BCUT2D eigenvalue weighted by Crippen LogP contribution is 2.22. The van der Waals surface area contributed by atoms with Gasteiger partial charge in [-0.25, -0.2) is 4.98 Å². The molecule has 5 nitrogen and oxygen atoms in total. The fourth-order valence-electron chi connectivity index (χ4n) is 1.83. The third kappa shape index (κ3) is 2.08. The van der Waals surface area contributed by atoms with Gasteiger partial charge in [-0.05, 0) is 26.0 Å². The van der Waals surface area contributed by atoms with E-state index < -0.39 is 5.97 Å². The number of fused-ring (bicyclic) bond motifs is 1. The first-order valence-corrected chi connectivity index (χ1v) is 5.44. The average molecular weight is 234 g/mol. The number of aromatic nitrogens is 2. The molecule has 0 aliphatic rings. The molecule has 0 unspecified atom stereocenters. The number of rotatable bonds is 4. The summed E-state index contributed by atoms with van der Waals surface area (Å²) in [7, 11) is 0. The summed E-state index contributed by atoms with van der Waals surface area (Å²) in [6.45, 7) is 4.26. The number of ether oxygens (including phenoxy) is 1. The van der Waals surface area contributed by atoms with Gasteiger partial charge in [-0.3, -0.25) is 4.79 Å². The van der Waals surface area contributed by atoms with Gasteiger partial charge in [0.25, 0.3) is 0 Å². The molecule has 0 saturated heterocycles. The van der Waals surface area contributed by atoms with Gasteiger partial charge in [0.1, 0.15) is 0 Å². The van der Waals surface area contributed by atoms with E-state index in [2.05, 4.69) is 4.98 Å². The molecule has 0 bridgehead atoms. The molecule has 0 atom stereocenters. The van der Waals surface area contributed by atoms with E-state index in [4.69, 9.17) is 9.84 Å². The van der Waals surface area contributed by atoms with Gasteiger partial charge in [0, 0.05) is 6.20 Å². The summed E-state index contributed by atoms with van der Waals surface area (Å²) in [5.74, 6) is -0.188. The molecule has 2 aromatic rings. The quantitative estimate of drug-likeness (QED) is 0.874. The number of hydrogen-bond donors (Lipinski definition) is 1. The lowest BCUT2D eigenvalue weighted by Gasteiger charge is -2.05. The molecule has 90 valence electrons. The summed E-state index contributed by atoms with van der Waals surface area (Å²) in [6, 6.07) is 3.65. The van der Waals surface area contributed by atoms with Crippen LogP contribution in [0.15, 0.2) is 18.3 Å². The van der Waals surface area contributed by atoms with Crippen LogP contribution in [0.25, 0.3) is 5.65 Å². The van der Waals surface area contributed by atoms with Crippen LogP contribution >= 0.6 is 0 Å².